The summed E-state index contributed by atoms with van der Waals surface area (Å²) in [5.41, 5.74) is 1.43. The van der Waals surface area contributed by atoms with Crippen molar-refractivity contribution in [1.82, 2.24) is 0 Å². The molecule has 0 bridgehead atoms. The van der Waals surface area contributed by atoms with Gasteiger partial charge in [-0.15, -0.1) is 0 Å². The van der Waals surface area contributed by atoms with Crippen LogP contribution in [-0.2, 0) is 28.4 Å². The van der Waals surface area contributed by atoms with Gasteiger partial charge in [0.25, 0.3) is 0 Å². The number of carbonyl (C=O) groups is 3. The van der Waals surface area contributed by atoms with Crippen molar-refractivity contribution in [3.63, 3.8) is 0 Å². The van der Waals surface area contributed by atoms with Crippen LogP contribution in [0.25, 0.3) is 0 Å². The van der Waals surface area contributed by atoms with Gasteiger partial charge >= 0.3 is 17.9 Å². The number of ether oxygens (including phenoxy) is 6. The molecular weight excluding hydrogens is 792 g/mol. The van der Waals surface area contributed by atoms with E-state index in [4.69, 9.17) is 28.4 Å². The maximum Gasteiger partial charge on any atom is 0.340 e. The van der Waals surface area contributed by atoms with Gasteiger partial charge in [0.2, 0.25) is 12.4 Å². The lowest BCUT2D eigenvalue weighted by Crippen LogP contribution is -2.64. The summed E-state index contributed by atoms with van der Waals surface area (Å²) in [5.74, 6) is -2.19. The Labute approximate surface area is 289 Å². The fourth-order valence-electron chi connectivity index (χ4n) is 5.00. The van der Waals surface area contributed by atoms with Gasteiger partial charge in [0.15, 0.2) is 12.4 Å². The summed E-state index contributed by atoms with van der Waals surface area (Å²) >= 11 is 10.1. The lowest BCUT2D eigenvalue weighted by molar-refractivity contribution is -0.351. The molecule has 12 heteroatoms. The first-order valence-electron chi connectivity index (χ1n) is 14.1. The molecule has 46 heavy (non-hydrogen) atoms. The van der Waals surface area contributed by atoms with Crippen LogP contribution in [0.2, 0.25) is 0 Å². The standard InChI is InChI=1S/C34H25Br3O9/c35-23-12-6-19(7-13-23)30(38)43-28-27-26(18-41-33(45-27)22-4-2-1-3-5-22)42-34(46-32(40)21-10-16-25(37)17-11-21)29(28)44-31(39)20-8-14-24(36)15-9-20/h1-17,26-29,33-34H,18H2/t26-,27-,28+,29-,33?,34-/m1/s1. The number of fused-ring (bicyclic) bond motifs is 1. The maximum absolute atomic E-state index is 13.5. The zero-order valence-corrected chi connectivity index (χ0v) is 28.6. The molecule has 9 nitrogen and oxygen atoms in total. The highest BCUT2D eigenvalue weighted by Crippen LogP contribution is 2.37. The Morgan fingerprint density at radius 2 is 1.02 bits per heavy atom. The van der Waals surface area contributed by atoms with Crippen molar-refractivity contribution in [1.29, 1.82) is 0 Å². The highest BCUT2D eigenvalue weighted by molar-refractivity contribution is 9.11. The highest BCUT2D eigenvalue weighted by atomic mass is 79.9. The van der Waals surface area contributed by atoms with Crippen LogP contribution in [0.4, 0.5) is 0 Å². The van der Waals surface area contributed by atoms with E-state index in [0.29, 0.717) is 0 Å². The SMILES string of the molecule is O=C(O[C@H]1O[C@@H]2COC(c3ccccc3)O[C@H]2[C@H](OC(=O)c2ccc(Br)cc2)[C@H]1OC(=O)c1ccc(Br)cc1)c1ccc(Br)cc1. The molecule has 0 saturated carbocycles. The Morgan fingerprint density at radius 3 is 1.52 bits per heavy atom. The van der Waals surface area contributed by atoms with Gasteiger partial charge in [-0.1, -0.05) is 78.1 Å². The van der Waals surface area contributed by atoms with Gasteiger partial charge in [0.1, 0.15) is 12.2 Å². The normalized spacial score (nSPS) is 23.9. The first-order valence-corrected chi connectivity index (χ1v) is 16.5. The van der Waals surface area contributed by atoms with Crippen LogP contribution in [-0.4, -0.2) is 55.2 Å². The van der Waals surface area contributed by atoms with E-state index < -0.39 is 54.9 Å². The van der Waals surface area contributed by atoms with Crippen LogP contribution in [0.5, 0.6) is 0 Å². The van der Waals surface area contributed by atoms with Gasteiger partial charge in [0, 0.05) is 19.0 Å². The summed E-state index contributed by atoms with van der Waals surface area (Å²) < 4.78 is 38.7. The molecule has 2 fully saturated rings. The second-order valence-corrected chi connectivity index (χ2v) is 13.1. The molecule has 1 unspecified atom stereocenters. The molecule has 2 saturated heterocycles. The van der Waals surface area contributed by atoms with Crippen LogP contribution in [0.1, 0.15) is 42.9 Å². The first-order chi connectivity index (χ1) is 22.2. The topological polar surface area (TPSA) is 107 Å². The average Bonchev–Trinajstić information content (AvgIpc) is 3.07. The fraction of sp³-hybridized carbons (Fsp3) is 0.206. The van der Waals surface area contributed by atoms with Gasteiger partial charge in [-0.25, -0.2) is 14.4 Å². The van der Waals surface area contributed by atoms with Crippen molar-refractivity contribution in [3.05, 3.63) is 139 Å². The van der Waals surface area contributed by atoms with Crippen LogP contribution in [0.3, 0.4) is 0 Å². The molecule has 0 aliphatic carbocycles. The second-order valence-electron chi connectivity index (χ2n) is 10.4. The number of hydrogen-bond donors (Lipinski definition) is 0. The minimum Gasteiger partial charge on any atom is -0.452 e. The summed E-state index contributed by atoms with van der Waals surface area (Å²) in [6, 6.07) is 28.9. The van der Waals surface area contributed by atoms with Crippen molar-refractivity contribution < 1.29 is 42.8 Å². The third kappa shape index (κ3) is 7.59. The highest BCUT2D eigenvalue weighted by Gasteiger charge is 2.55. The van der Waals surface area contributed by atoms with Crippen molar-refractivity contribution in [2.24, 2.45) is 0 Å². The van der Waals surface area contributed by atoms with E-state index in [1.807, 2.05) is 30.3 Å². The van der Waals surface area contributed by atoms with Crippen molar-refractivity contribution in [2.45, 2.75) is 37.0 Å². The fourth-order valence-corrected chi connectivity index (χ4v) is 5.79. The van der Waals surface area contributed by atoms with E-state index in [0.717, 1.165) is 19.0 Å². The molecule has 6 rings (SSSR count). The quantitative estimate of drug-likeness (QED) is 0.139. The molecule has 2 aliphatic rings. The summed E-state index contributed by atoms with van der Waals surface area (Å²) in [7, 11) is 0. The predicted octanol–water partition coefficient (Wildman–Crippen LogP) is 7.42. The van der Waals surface area contributed by atoms with E-state index in [2.05, 4.69) is 47.8 Å². The van der Waals surface area contributed by atoms with Gasteiger partial charge < -0.3 is 28.4 Å². The first kappa shape index (κ1) is 32.5. The molecule has 0 N–H and O–H groups in total. The molecule has 6 atom stereocenters. The lowest BCUT2D eigenvalue weighted by Gasteiger charge is -2.47. The average molecular weight is 817 g/mol. The third-order valence-corrected chi connectivity index (χ3v) is 8.89. The van der Waals surface area contributed by atoms with Crippen LogP contribution in [0, 0.1) is 0 Å². The van der Waals surface area contributed by atoms with Crippen LogP contribution in [0.15, 0.2) is 117 Å². The summed E-state index contributed by atoms with van der Waals surface area (Å²) in [6.07, 6.45) is -6.83. The van der Waals surface area contributed by atoms with Gasteiger partial charge in [0.05, 0.1) is 23.3 Å². The molecule has 0 amide bonds. The van der Waals surface area contributed by atoms with E-state index in [1.165, 1.54) is 0 Å². The summed E-state index contributed by atoms with van der Waals surface area (Å²) in [5, 5.41) is 0. The Bertz CT molecular complexity index is 1680. The molecule has 4 aromatic rings. The molecule has 236 valence electrons. The number of rotatable bonds is 7. The molecule has 0 spiro atoms. The number of carbonyl (C=O) groups excluding carboxylic acids is 3. The number of halogens is 3. The predicted molar refractivity (Wildman–Crippen MR) is 175 cm³/mol. The van der Waals surface area contributed by atoms with Crippen molar-refractivity contribution in [3.8, 4) is 0 Å². The Morgan fingerprint density at radius 1 is 0.565 bits per heavy atom. The Kier molecular flexibility index (Phi) is 10.3. The van der Waals surface area contributed by atoms with E-state index in [1.54, 1.807) is 72.8 Å². The largest absolute Gasteiger partial charge is 0.452 e. The smallest absolute Gasteiger partial charge is 0.340 e. The van der Waals surface area contributed by atoms with Gasteiger partial charge in [-0.3, -0.25) is 0 Å². The number of hydrogen-bond acceptors (Lipinski definition) is 9. The number of esters is 3. The molecule has 0 aromatic heterocycles. The van der Waals surface area contributed by atoms with Crippen LogP contribution >= 0.6 is 47.8 Å². The number of benzene rings is 4. The Balaban J connectivity index is 1.36. The minimum atomic E-state index is -1.49. The minimum absolute atomic E-state index is 0.0102. The summed E-state index contributed by atoms with van der Waals surface area (Å²) in [4.78, 5) is 40.4. The maximum atomic E-state index is 13.5. The molecule has 4 aromatic carbocycles. The molecular formula is C34H25Br3O9. The zero-order valence-electron chi connectivity index (χ0n) is 23.8. The summed E-state index contributed by atoms with van der Waals surface area (Å²) in [6.45, 7) is 0.0102. The van der Waals surface area contributed by atoms with E-state index in [-0.39, 0.29) is 23.3 Å². The second kappa shape index (κ2) is 14.6. The van der Waals surface area contributed by atoms with Crippen molar-refractivity contribution >= 4 is 65.7 Å². The van der Waals surface area contributed by atoms with E-state index >= 15 is 0 Å². The van der Waals surface area contributed by atoms with Gasteiger partial charge in [-0.2, -0.15) is 0 Å². The molecule has 2 aliphatic heterocycles. The zero-order chi connectivity index (χ0) is 32.2. The lowest BCUT2D eigenvalue weighted by atomic mass is 9.96. The molecule has 0 radical (unpaired) electrons. The molecule has 2 heterocycles. The van der Waals surface area contributed by atoms with Gasteiger partial charge in [-0.05, 0) is 72.8 Å². The monoisotopic (exact) mass is 814 g/mol. The third-order valence-electron chi connectivity index (χ3n) is 7.30. The Hall–Kier alpha value is -3.39. The van der Waals surface area contributed by atoms with Crippen LogP contribution < -0.4 is 0 Å². The van der Waals surface area contributed by atoms with E-state index in [9.17, 15) is 14.4 Å². The van der Waals surface area contributed by atoms with Crippen molar-refractivity contribution in [2.75, 3.05) is 6.61 Å².